The Bertz CT molecular complexity index is 363. The molecule has 0 aromatic heterocycles. The summed E-state index contributed by atoms with van der Waals surface area (Å²) in [4.78, 5) is 0. The van der Waals surface area contributed by atoms with Crippen LogP contribution in [0.1, 0.15) is 53.4 Å². The lowest BCUT2D eigenvalue weighted by atomic mass is 9.79. The zero-order valence-corrected chi connectivity index (χ0v) is 15.2. The summed E-state index contributed by atoms with van der Waals surface area (Å²) in [6, 6.07) is 0.821. The van der Waals surface area contributed by atoms with Gasteiger partial charge < -0.3 is 15.8 Å². The van der Waals surface area contributed by atoms with Crippen LogP contribution < -0.4 is 10.6 Å². The molecule has 4 nitrogen and oxygen atoms in total. The number of hydrogen-bond acceptors (Lipinski definition) is 4. The standard InChI is InChI=1S/C15H29N3OS2/c1-14(2)9-12(10-15(3,4)18(14)19)17-13(20)16-11-5-7-21-8-6-11/h11-12,19H,5-10H2,1-4H3,(H2,16,17,20). The predicted octanol–water partition coefficient (Wildman–Crippen LogP) is 2.76. The van der Waals surface area contributed by atoms with Crippen LogP contribution in [0.4, 0.5) is 0 Å². The zero-order valence-electron chi connectivity index (χ0n) is 13.6. The molecule has 0 spiro atoms. The minimum atomic E-state index is -0.240. The Morgan fingerprint density at radius 2 is 1.52 bits per heavy atom. The molecule has 0 bridgehead atoms. The molecule has 6 heteroatoms. The van der Waals surface area contributed by atoms with Gasteiger partial charge in [0.2, 0.25) is 0 Å². The van der Waals surface area contributed by atoms with Gasteiger partial charge in [-0.25, -0.2) is 0 Å². The number of nitrogens with zero attached hydrogens (tertiary/aromatic N) is 1. The van der Waals surface area contributed by atoms with Crippen molar-refractivity contribution < 1.29 is 5.21 Å². The van der Waals surface area contributed by atoms with Gasteiger partial charge in [0.25, 0.3) is 0 Å². The lowest BCUT2D eigenvalue weighted by Crippen LogP contribution is -2.63. The molecule has 122 valence electrons. The molecule has 2 aliphatic rings. The van der Waals surface area contributed by atoms with E-state index >= 15 is 0 Å². The van der Waals surface area contributed by atoms with Gasteiger partial charge >= 0.3 is 0 Å². The van der Waals surface area contributed by atoms with E-state index in [2.05, 4.69) is 38.3 Å². The van der Waals surface area contributed by atoms with Gasteiger partial charge in [-0.1, -0.05) is 0 Å². The topological polar surface area (TPSA) is 47.5 Å². The van der Waals surface area contributed by atoms with Gasteiger partial charge in [-0.3, -0.25) is 0 Å². The molecule has 2 saturated heterocycles. The number of thioether (sulfide) groups is 1. The van der Waals surface area contributed by atoms with Crippen molar-refractivity contribution in [1.29, 1.82) is 0 Å². The minimum Gasteiger partial charge on any atom is -0.360 e. The van der Waals surface area contributed by atoms with Gasteiger partial charge in [-0.05, 0) is 77.1 Å². The molecule has 0 saturated carbocycles. The van der Waals surface area contributed by atoms with Crippen LogP contribution in [0.2, 0.25) is 0 Å². The number of hydroxylamine groups is 2. The second-order valence-corrected chi connectivity index (χ2v) is 9.18. The average Bonchev–Trinajstić information content (AvgIpc) is 2.36. The van der Waals surface area contributed by atoms with Crippen molar-refractivity contribution in [2.75, 3.05) is 11.5 Å². The van der Waals surface area contributed by atoms with E-state index in [0.717, 1.165) is 18.0 Å². The fraction of sp³-hybridized carbons (Fsp3) is 0.933. The SMILES string of the molecule is CC1(C)CC(NC(=S)NC2CCSCC2)CC(C)(C)N1O. The predicted molar refractivity (Wildman–Crippen MR) is 94.0 cm³/mol. The maximum absolute atomic E-state index is 10.3. The van der Waals surface area contributed by atoms with Crippen LogP contribution in [0.15, 0.2) is 0 Å². The Morgan fingerprint density at radius 3 is 2.05 bits per heavy atom. The third kappa shape index (κ3) is 4.47. The first-order valence-corrected chi connectivity index (χ1v) is 9.41. The van der Waals surface area contributed by atoms with Crippen LogP contribution in [0.25, 0.3) is 0 Å². The first kappa shape index (κ1) is 17.3. The summed E-state index contributed by atoms with van der Waals surface area (Å²) >= 11 is 7.51. The Kier molecular flexibility index (Phi) is 5.45. The summed E-state index contributed by atoms with van der Waals surface area (Å²) in [5.74, 6) is 2.45. The summed E-state index contributed by atoms with van der Waals surface area (Å²) in [7, 11) is 0. The van der Waals surface area contributed by atoms with Crippen molar-refractivity contribution in [2.45, 2.75) is 76.5 Å². The molecule has 2 heterocycles. The lowest BCUT2D eigenvalue weighted by Gasteiger charge is -2.51. The third-order valence-electron chi connectivity index (χ3n) is 4.53. The number of hydrogen-bond donors (Lipinski definition) is 3. The van der Waals surface area contributed by atoms with Crippen molar-refractivity contribution in [2.24, 2.45) is 0 Å². The number of nitrogens with one attached hydrogen (secondary N) is 2. The van der Waals surface area contributed by atoms with Crippen molar-refractivity contribution in [3.8, 4) is 0 Å². The number of rotatable bonds is 2. The van der Waals surface area contributed by atoms with Gasteiger partial charge in [0.05, 0.1) is 0 Å². The second-order valence-electron chi connectivity index (χ2n) is 7.55. The summed E-state index contributed by atoms with van der Waals surface area (Å²) < 4.78 is 0. The van der Waals surface area contributed by atoms with E-state index in [1.165, 1.54) is 29.4 Å². The maximum atomic E-state index is 10.3. The Morgan fingerprint density at radius 1 is 1.05 bits per heavy atom. The van der Waals surface area contributed by atoms with Crippen LogP contribution in [0.3, 0.4) is 0 Å². The average molecular weight is 332 g/mol. The monoisotopic (exact) mass is 331 g/mol. The van der Waals surface area contributed by atoms with Crippen molar-refractivity contribution in [3.05, 3.63) is 0 Å². The van der Waals surface area contributed by atoms with E-state index in [1.807, 2.05) is 11.8 Å². The molecule has 21 heavy (non-hydrogen) atoms. The van der Waals surface area contributed by atoms with Gasteiger partial charge in [-0.15, -0.1) is 0 Å². The fourth-order valence-electron chi connectivity index (χ4n) is 3.63. The second kappa shape index (κ2) is 6.60. The molecule has 0 radical (unpaired) electrons. The van der Waals surface area contributed by atoms with E-state index in [-0.39, 0.29) is 11.1 Å². The van der Waals surface area contributed by atoms with E-state index in [9.17, 15) is 5.21 Å². The molecule has 0 aliphatic carbocycles. The van der Waals surface area contributed by atoms with Crippen LogP contribution in [-0.4, -0.2) is 50.1 Å². The van der Waals surface area contributed by atoms with Crippen molar-refractivity contribution in [1.82, 2.24) is 15.7 Å². The van der Waals surface area contributed by atoms with Crippen LogP contribution in [0, 0.1) is 0 Å². The summed E-state index contributed by atoms with van der Waals surface area (Å²) in [5, 5.41) is 19.5. The third-order valence-corrected chi connectivity index (χ3v) is 5.81. The fourth-order valence-corrected chi connectivity index (χ4v) is 5.07. The highest BCUT2D eigenvalue weighted by atomic mass is 32.2. The number of piperidine rings is 1. The molecule has 0 amide bonds. The first-order chi connectivity index (χ1) is 9.71. The Balaban J connectivity index is 1.88. The summed E-state index contributed by atoms with van der Waals surface area (Å²) in [5.41, 5.74) is -0.479. The van der Waals surface area contributed by atoms with Crippen molar-refractivity contribution >= 4 is 29.1 Å². The summed E-state index contributed by atoms with van der Waals surface area (Å²) in [6.07, 6.45) is 4.15. The van der Waals surface area contributed by atoms with Crippen LogP contribution in [-0.2, 0) is 0 Å². The molecule has 0 unspecified atom stereocenters. The molecule has 2 rings (SSSR count). The van der Waals surface area contributed by atoms with E-state index in [1.54, 1.807) is 0 Å². The van der Waals surface area contributed by atoms with E-state index < -0.39 is 0 Å². The highest BCUT2D eigenvalue weighted by molar-refractivity contribution is 7.99. The van der Waals surface area contributed by atoms with Gasteiger partial charge in [0, 0.05) is 23.2 Å². The quantitative estimate of drug-likeness (QED) is 0.677. The molecular formula is C15H29N3OS2. The molecule has 2 aliphatic heterocycles. The molecule has 0 atom stereocenters. The molecular weight excluding hydrogens is 302 g/mol. The minimum absolute atomic E-state index is 0.240. The molecule has 0 aromatic rings. The lowest BCUT2D eigenvalue weighted by molar-refractivity contribution is -0.245. The van der Waals surface area contributed by atoms with Crippen LogP contribution in [0.5, 0.6) is 0 Å². The highest BCUT2D eigenvalue weighted by Gasteiger charge is 2.45. The zero-order chi connectivity index (χ0) is 15.7. The molecule has 3 N–H and O–H groups in total. The van der Waals surface area contributed by atoms with Crippen LogP contribution >= 0.6 is 24.0 Å². The van der Waals surface area contributed by atoms with Gasteiger partial charge in [0.1, 0.15) is 0 Å². The normalized spacial score (nSPS) is 27.3. The molecule has 0 aromatic carbocycles. The largest absolute Gasteiger partial charge is 0.360 e. The van der Waals surface area contributed by atoms with Gasteiger partial charge in [-0.2, -0.15) is 16.8 Å². The Labute approximate surface area is 138 Å². The maximum Gasteiger partial charge on any atom is 0.166 e. The highest BCUT2D eigenvalue weighted by Crippen LogP contribution is 2.36. The van der Waals surface area contributed by atoms with E-state index in [4.69, 9.17) is 12.2 Å². The van der Waals surface area contributed by atoms with Gasteiger partial charge in [0.15, 0.2) is 5.11 Å². The molecule has 2 fully saturated rings. The summed E-state index contributed by atoms with van der Waals surface area (Å²) in [6.45, 7) is 8.32. The smallest absolute Gasteiger partial charge is 0.166 e. The van der Waals surface area contributed by atoms with E-state index in [0.29, 0.717) is 12.1 Å². The Hall–Kier alpha value is -0.0400. The van der Waals surface area contributed by atoms with Crippen molar-refractivity contribution in [3.63, 3.8) is 0 Å². The number of thiocarbonyl (C=S) groups is 1. The first-order valence-electron chi connectivity index (χ1n) is 7.85.